The van der Waals surface area contributed by atoms with E-state index in [0.29, 0.717) is 0 Å². The minimum absolute atomic E-state index is 0.794. The Morgan fingerprint density at radius 2 is 1.56 bits per heavy atom. The van der Waals surface area contributed by atoms with E-state index in [0.717, 1.165) is 51.0 Å². The largest absolute Gasteiger partial charge is 0.353 e. The summed E-state index contributed by atoms with van der Waals surface area (Å²) in [6.07, 6.45) is 1.86. The van der Waals surface area contributed by atoms with Gasteiger partial charge in [0, 0.05) is 78.7 Å². The SMILES string of the molecule is CCN1CCN(Cc2ccc(CNC(=NC)N3CCN(c4ccccn4)CC3)cc2)CC1. The molecule has 4 rings (SSSR count). The van der Waals surface area contributed by atoms with Crippen molar-refractivity contribution in [3.05, 3.63) is 59.8 Å². The zero-order valence-corrected chi connectivity index (χ0v) is 19.6. The second kappa shape index (κ2) is 11.3. The number of hydrogen-bond acceptors (Lipinski definition) is 5. The van der Waals surface area contributed by atoms with Gasteiger partial charge in [-0.1, -0.05) is 37.3 Å². The third-order valence-electron chi connectivity index (χ3n) is 6.56. The zero-order chi connectivity index (χ0) is 22.2. The van der Waals surface area contributed by atoms with Gasteiger partial charge in [0.25, 0.3) is 0 Å². The lowest BCUT2D eigenvalue weighted by Gasteiger charge is -2.37. The summed E-state index contributed by atoms with van der Waals surface area (Å²) >= 11 is 0. The first kappa shape index (κ1) is 22.6. The van der Waals surface area contributed by atoms with Crippen LogP contribution in [0.2, 0.25) is 0 Å². The standard InChI is InChI=1S/C25H37N7/c1-3-29-12-14-30(15-13-29)21-23-9-7-22(8-10-23)20-28-25(26-2)32-18-16-31(17-19-32)24-6-4-5-11-27-24/h4-11H,3,12-21H2,1-2H3,(H,26,28). The Hall–Kier alpha value is -2.64. The van der Waals surface area contributed by atoms with E-state index in [1.807, 2.05) is 25.4 Å². The van der Waals surface area contributed by atoms with Gasteiger partial charge in [-0.25, -0.2) is 4.98 Å². The Kier molecular flexibility index (Phi) is 7.96. The average Bonchev–Trinajstić information content (AvgIpc) is 2.87. The van der Waals surface area contributed by atoms with Gasteiger partial charge in [0.1, 0.15) is 5.82 Å². The van der Waals surface area contributed by atoms with Crippen molar-refractivity contribution in [1.29, 1.82) is 0 Å². The van der Waals surface area contributed by atoms with Gasteiger partial charge < -0.3 is 20.0 Å². The van der Waals surface area contributed by atoms with E-state index in [-0.39, 0.29) is 0 Å². The van der Waals surface area contributed by atoms with Crippen molar-refractivity contribution in [3.63, 3.8) is 0 Å². The predicted octanol–water partition coefficient (Wildman–Crippen LogP) is 2.12. The molecule has 2 saturated heterocycles. The lowest BCUT2D eigenvalue weighted by Crippen LogP contribution is -2.52. The fourth-order valence-corrected chi connectivity index (χ4v) is 4.49. The third kappa shape index (κ3) is 5.99. The predicted molar refractivity (Wildman–Crippen MR) is 132 cm³/mol. The molecular formula is C25H37N7. The van der Waals surface area contributed by atoms with Gasteiger partial charge in [-0.05, 0) is 29.8 Å². The number of hydrogen-bond donors (Lipinski definition) is 1. The summed E-state index contributed by atoms with van der Waals surface area (Å²) in [6, 6.07) is 15.1. The lowest BCUT2D eigenvalue weighted by atomic mass is 10.1. The second-order valence-corrected chi connectivity index (χ2v) is 8.59. The molecule has 1 aromatic carbocycles. The smallest absolute Gasteiger partial charge is 0.194 e. The van der Waals surface area contributed by atoms with E-state index in [9.17, 15) is 0 Å². The Balaban J connectivity index is 1.22. The molecule has 0 bridgehead atoms. The number of anilines is 1. The Morgan fingerprint density at radius 3 is 2.19 bits per heavy atom. The molecule has 0 radical (unpaired) electrons. The van der Waals surface area contributed by atoms with E-state index < -0.39 is 0 Å². The number of rotatable bonds is 6. The van der Waals surface area contributed by atoms with Crippen molar-refractivity contribution in [2.45, 2.75) is 20.0 Å². The first-order chi connectivity index (χ1) is 15.7. The van der Waals surface area contributed by atoms with Gasteiger partial charge in [0.05, 0.1) is 0 Å². The van der Waals surface area contributed by atoms with E-state index >= 15 is 0 Å². The van der Waals surface area contributed by atoms with Crippen LogP contribution in [0.25, 0.3) is 0 Å². The topological polar surface area (TPSA) is 50.2 Å². The van der Waals surface area contributed by atoms with E-state index in [4.69, 9.17) is 0 Å². The van der Waals surface area contributed by atoms with Crippen LogP contribution in [0.1, 0.15) is 18.1 Å². The highest BCUT2D eigenvalue weighted by molar-refractivity contribution is 5.80. The number of benzene rings is 1. The summed E-state index contributed by atoms with van der Waals surface area (Å²) in [5.41, 5.74) is 2.69. The highest BCUT2D eigenvalue weighted by Gasteiger charge is 2.20. The molecule has 3 heterocycles. The van der Waals surface area contributed by atoms with Gasteiger partial charge in [-0.2, -0.15) is 0 Å². The summed E-state index contributed by atoms with van der Waals surface area (Å²) in [5.74, 6) is 2.03. The number of piperazine rings is 2. The Bertz CT molecular complexity index is 836. The van der Waals surface area contributed by atoms with Crippen molar-refractivity contribution in [3.8, 4) is 0 Å². The van der Waals surface area contributed by atoms with Crippen LogP contribution in [-0.4, -0.2) is 91.6 Å². The molecule has 32 heavy (non-hydrogen) atoms. The molecular weight excluding hydrogens is 398 g/mol. The number of aromatic nitrogens is 1. The Morgan fingerprint density at radius 1 is 0.875 bits per heavy atom. The molecule has 1 aromatic heterocycles. The van der Waals surface area contributed by atoms with Gasteiger partial charge in [0.15, 0.2) is 5.96 Å². The normalized spacial score (nSPS) is 18.8. The number of aliphatic imine (C=N–C) groups is 1. The molecule has 2 fully saturated rings. The van der Waals surface area contributed by atoms with Gasteiger partial charge in [0.2, 0.25) is 0 Å². The first-order valence-electron chi connectivity index (χ1n) is 11.9. The van der Waals surface area contributed by atoms with Crippen LogP contribution in [0.5, 0.6) is 0 Å². The number of likely N-dealkylation sites (N-methyl/N-ethyl adjacent to an activating group) is 1. The van der Waals surface area contributed by atoms with Crippen molar-refractivity contribution in [1.82, 2.24) is 25.0 Å². The number of pyridine rings is 1. The summed E-state index contributed by atoms with van der Waals surface area (Å²) in [7, 11) is 1.87. The Labute approximate surface area is 192 Å². The molecule has 0 spiro atoms. The fraction of sp³-hybridized carbons (Fsp3) is 0.520. The van der Waals surface area contributed by atoms with Crippen molar-refractivity contribution in [2.24, 2.45) is 4.99 Å². The molecule has 0 aliphatic carbocycles. The van der Waals surface area contributed by atoms with Crippen LogP contribution in [0.15, 0.2) is 53.7 Å². The van der Waals surface area contributed by atoms with Crippen LogP contribution in [-0.2, 0) is 13.1 Å². The number of nitrogens with zero attached hydrogens (tertiary/aromatic N) is 6. The minimum atomic E-state index is 0.794. The molecule has 0 unspecified atom stereocenters. The summed E-state index contributed by atoms with van der Waals surface area (Å²) in [5, 5.41) is 3.55. The maximum absolute atomic E-state index is 4.52. The molecule has 7 nitrogen and oxygen atoms in total. The average molecular weight is 436 g/mol. The maximum atomic E-state index is 4.52. The fourth-order valence-electron chi connectivity index (χ4n) is 4.49. The molecule has 2 aliphatic heterocycles. The minimum Gasteiger partial charge on any atom is -0.353 e. The molecule has 7 heteroatoms. The highest BCUT2D eigenvalue weighted by Crippen LogP contribution is 2.13. The van der Waals surface area contributed by atoms with Crippen LogP contribution in [0.4, 0.5) is 5.82 Å². The van der Waals surface area contributed by atoms with Crippen LogP contribution in [0, 0.1) is 0 Å². The number of nitrogens with one attached hydrogen (secondary N) is 1. The van der Waals surface area contributed by atoms with Gasteiger partial charge in [-0.3, -0.25) is 9.89 Å². The number of guanidine groups is 1. The monoisotopic (exact) mass is 435 g/mol. The molecule has 2 aliphatic rings. The molecule has 2 aromatic rings. The van der Waals surface area contributed by atoms with E-state index in [1.165, 1.54) is 43.9 Å². The summed E-state index contributed by atoms with van der Waals surface area (Å²) < 4.78 is 0. The zero-order valence-electron chi connectivity index (χ0n) is 19.6. The molecule has 1 N–H and O–H groups in total. The van der Waals surface area contributed by atoms with Crippen LogP contribution >= 0.6 is 0 Å². The molecule has 0 saturated carbocycles. The van der Waals surface area contributed by atoms with Crippen LogP contribution < -0.4 is 10.2 Å². The quantitative estimate of drug-likeness (QED) is 0.554. The summed E-state index contributed by atoms with van der Waals surface area (Å²) in [6.45, 7) is 13.8. The van der Waals surface area contributed by atoms with Gasteiger partial charge in [-0.15, -0.1) is 0 Å². The third-order valence-corrected chi connectivity index (χ3v) is 6.56. The lowest BCUT2D eigenvalue weighted by molar-refractivity contribution is 0.132. The molecule has 172 valence electrons. The maximum Gasteiger partial charge on any atom is 0.194 e. The van der Waals surface area contributed by atoms with E-state index in [2.05, 4.69) is 72.1 Å². The molecule has 0 atom stereocenters. The van der Waals surface area contributed by atoms with Crippen LogP contribution in [0.3, 0.4) is 0 Å². The van der Waals surface area contributed by atoms with Gasteiger partial charge >= 0.3 is 0 Å². The highest BCUT2D eigenvalue weighted by atomic mass is 15.4. The van der Waals surface area contributed by atoms with Crippen molar-refractivity contribution >= 4 is 11.8 Å². The molecule has 0 amide bonds. The summed E-state index contributed by atoms with van der Waals surface area (Å²) in [4.78, 5) is 18.8. The van der Waals surface area contributed by atoms with E-state index in [1.54, 1.807) is 0 Å². The second-order valence-electron chi connectivity index (χ2n) is 8.59. The first-order valence-corrected chi connectivity index (χ1v) is 11.9. The van der Waals surface area contributed by atoms with Crippen molar-refractivity contribution < 1.29 is 0 Å². The van der Waals surface area contributed by atoms with Crippen molar-refractivity contribution in [2.75, 3.05) is 70.9 Å².